The Morgan fingerprint density at radius 2 is 2.00 bits per heavy atom. The first kappa shape index (κ1) is 8.52. The normalized spacial score (nSPS) is 20.5. The van der Waals surface area contributed by atoms with Crippen molar-refractivity contribution in [2.45, 2.75) is 12.8 Å². The second-order valence-electron chi connectivity index (χ2n) is 3.49. The quantitative estimate of drug-likeness (QED) is 0.688. The molecule has 1 aliphatic rings. The highest BCUT2D eigenvalue weighted by Crippen LogP contribution is 2.13. The molecule has 0 unspecified atom stereocenters. The van der Waals surface area contributed by atoms with Gasteiger partial charge in [-0.1, -0.05) is 42.0 Å². The van der Waals surface area contributed by atoms with Crippen LogP contribution >= 0.6 is 0 Å². The van der Waals surface area contributed by atoms with Crippen molar-refractivity contribution < 1.29 is 0 Å². The van der Waals surface area contributed by atoms with Crippen LogP contribution in [-0.4, -0.2) is 13.1 Å². The smallest absolute Gasteiger partial charge is 0.0167 e. The van der Waals surface area contributed by atoms with Crippen LogP contribution in [0.4, 0.5) is 0 Å². The maximum absolute atomic E-state index is 3.39. The van der Waals surface area contributed by atoms with Gasteiger partial charge in [0.15, 0.2) is 0 Å². The second kappa shape index (κ2) is 4.24. The molecular formula is C12H15N. The summed E-state index contributed by atoms with van der Waals surface area (Å²) in [5.41, 5.74) is 2.85. The molecule has 1 saturated heterocycles. The molecule has 1 aromatic rings. The highest BCUT2D eigenvalue weighted by molar-refractivity contribution is 5.53. The van der Waals surface area contributed by atoms with Gasteiger partial charge in [-0.15, -0.1) is 0 Å². The number of benzene rings is 1. The van der Waals surface area contributed by atoms with Crippen molar-refractivity contribution in [3.63, 3.8) is 0 Å². The van der Waals surface area contributed by atoms with Gasteiger partial charge in [0.1, 0.15) is 0 Å². The van der Waals surface area contributed by atoms with E-state index >= 15 is 0 Å². The van der Waals surface area contributed by atoms with E-state index in [0.717, 1.165) is 6.54 Å². The van der Waals surface area contributed by atoms with E-state index in [4.69, 9.17) is 0 Å². The van der Waals surface area contributed by atoms with E-state index in [0.29, 0.717) is 0 Å². The standard InChI is InChI=1S/C12H15N/c1-2-5-11(6-3-1)9-12-7-4-8-13-10-12/h1-3,5-6,9,13H,4,7-8,10H2/b12-9-. The lowest BCUT2D eigenvalue weighted by atomic mass is 10.0. The summed E-state index contributed by atoms with van der Waals surface area (Å²) < 4.78 is 0. The first-order valence-corrected chi connectivity index (χ1v) is 4.90. The van der Waals surface area contributed by atoms with Crippen LogP contribution in [0.15, 0.2) is 35.9 Å². The lowest BCUT2D eigenvalue weighted by molar-refractivity contribution is 0.613. The van der Waals surface area contributed by atoms with E-state index in [9.17, 15) is 0 Å². The minimum Gasteiger partial charge on any atom is -0.313 e. The number of hydrogen-bond donors (Lipinski definition) is 1. The van der Waals surface area contributed by atoms with Crippen LogP contribution in [0.5, 0.6) is 0 Å². The summed E-state index contributed by atoms with van der Waals surface area (Å²) in [5.74, 6) is 0. The Balaban J connectivity index is 2.10. The summed E-state index contributed by atoms with van der Waals surface area (Å²) in [5, 5.41) is 3.39. The Morgan fingerprint density at radius 3 is 2.69 bits per heavy atom. The van der Waals surface area contributed by atoms with Gasteiger partial charge in [0.05, 0.1) is 0 Å². The van der Waals surface area contributed by atoms with E-state index in [1.54, 1.807) is 0 Å². The highest BCUT2D eigenvalue weighted by atomic mass is 14.9. The third-order valence-corrected chi connectivity index (χ3v) is 2.37. The molecule has 0 bridgehead atoms. The lowest BCUT2D eigenvalue weighted by Crippen LogP contribution is -2.23. The van der Waals surface area contributed by atoms with Gasteiger partial charge in [-0.3, -0.25) is 0 Å². The summed E-state index contributed by atoms with van der Waals surface area (Å²) >= 11 is 0. The zero-order valence-corrected chi connectivity index (χ0v) is 7.79. The van der Waals surface area contributed by atoms with Crippen LogP contribution in [-0.2, 0) is 0 Å². The summed E-state index contributed by atoms with van der Waals surface area (Å²) in [4.78, 5) is 0. The van der Waals surface area contributed by atoms with Gasteiger partial charge in [0.25, 0.3) is 0 Å². The molecule has 1 nitrogen and oxygen atoms in total. The van der Waals surface area contributed by atoms with E-state index in [2.05, 4.69) is 41.7 Å². The Morgan fingerprint density at radius 1 is 1.15 bits per heavy atom. The van der Waals surface area contributed by atoms with Crippen LogP contribution in [0.2, 0.25) is 0 Å². The third-order valence-electron chi connectivity index (χ3n) is 2.37. The zero-order chi connectivity index (χ0) is 8.93. The van der Waals surface area contributed by atoms with Crippen LogP contribution in [0.3, 0.4) is 0 Å². The van der Waals surface area contributed by atoms with Gasteiger partial charge in [0.2, 0.25) is 0 Å². The van der Waals surface area contributed by atoms with Crippen molar-refractivity contribution in [1.82, 2.24) is 5.32 Å². The minimum absolute atomic E-state index is 1.06. The van der Waals surface area contributed by atoms with Gasteiger partial charge in [-0.05, 0) is 24.9 Å². The Bertz CT molecular complexity index is 279. The van der Waals surface area contributed by atoms with Gasteiger partial charge in [-0.2, -0.15) is 0 Å². The van der Waals surface area contributed by atoms with Gasteiger partial charge < -0.3 is 5.32 Å². The van der Waals surface area contributed by atoms with E-state index in [-0.39, 0.29) is 0 Å². The van der Waals surface area contributed by atoms with Crippen LogP contribution in [0, 0.1) is 0 Å². The van der Waals surface area contributed by atoms with E-state index in [1.165, 1.54) is 30.5 Å². The van der Waals surface area contributed by atoms with Gasteiger partial charge in [0, 0.05) is 6.54 Å². The molecule has 0 atom stereocenters. The Labute approximate surface area is 79.5 Å². The molecule has 1 fully saturated rings. The van der Waals surface area contributed by atoms with Crippen LogP contribution in [0.1, 0.15) is 18.4 Å². The van der Waals surface area contributed by atoms with Crippen molar-refractivity contribution in [2.24, 2.45) is 0 Å². The van der Waals surface area contributed by atoms with Crippen molar-refractivity contribution in [3.8, 4) is 0 Å². The largest absolute Gasteiger partial charge is 0.313 e. The summed E-state index contributed by atoms with van der Waals surface area (Å²) in [7, 11) is 0. The fourth-order valence-electron chi connectivity index (χ4n) is 1.69. The minimum atomic E-state index is 1.06. The monoisotopic (exact) mass is 173 g/mol. The Kier molecular flexibility index (Phi) is 2.78. The fraction of sp³-hybridized carbons (Fsp3) is 0.333. The number of rotatable bonds is 1. The molecule has 0 amide bonds. The summed E-state index contributed by atoms with van der Waals surface area (Å²) in [6.07, 6.45) is 4.83. The predicted molar refractivity (Wildman–Crippen MR) is 56.5 cm³/mol. The van der Waals surface area contributed by atoms with Crippen molar-refractivity contribution in [3.05, 3.63) is 41.5 Å². The van der Waals surface area contributed by atoms with Gasteiger partial charge in [-0.25, -0.2) is 0 Å². The molecule has 0 spiro atoms. The fourth-order valence-corrected chi connectivity index (χ4v) is 1.69. The first-order valence-electron chi connectivity index (χ1n) is 4.90. The second-order valence-corrected chi connectivity index (χ2v) is 3.49. The van der Waals surface area contributed by atoms with Gasteiger partial charge >= 0.3 is 0 Å². The molecule has 2 rings (SSSR count). The van der Waals surface area contributed by atoms with Crippen LogP contribution < -0.4 is 5.32 Å². The molecular weight excluding hydrogens is 158 g/mol. The maximum Gasteiger partial charge on any atom is 0.0167 e. The first-order chi connectivity index (χ1) is 6.45. The molecule has 0 radical (unpaired) electrons. The molecule has 68 valence electrons. The molecule has 1 N–H and O–H groups in total. The zero-order valence-electron chi connectivity index (χ0n) is 7.79. The SMILES string of the molecule is C(=C1\CCCNC1)/c1ccccc1. The third kappa shape index (κ3) is 2.43. The number of nitrogens with one attached hydrogen (secondary N) is 1. The topological polar surface area (TPSA) is 12.0 Å². The molecule has 0 aromatic heterocycles. The lowest BCUT2D eigenvalue weighted by Gasteiger charge is -2.15. The van der Waals surface area contributed by atoms with Crippen LogP contribution in [0.25, 0.3) is 6.08 Å². The average Bonchev–Trinajstić information content (AvgIpc) is 2.21. The average molecular weight is 173 g/mol. The molecule has 1 heteroatoms. The highest BCUT2D eigenvalue weighted by Gasteiger charge is 2.03. The maximum atomic E-state index is 3.39. The van der Waals surface area contributed by atoms with E-state index < -0.39 is 0 Å². The molecule has 0 aliphatic carbocycles. The number of hydrogen-bond acceptors (Lipinski definition) is 1. The van der Waals surface area contributed by atoms with Crippen molar-refractivity contribution in [2.75, 3.05) is 13.1 Å². The summed E-state index contributed by atoms with van der Waals surface area (Å²) in [6, 6.07) is 10.5. The van der Waals surface area contributed by atoms with Crippen molar-refractivity contribution >= 4 is 6.08 Å². The molecule has 0 saturated carbocycles. The van der Waals surface area contributed by atoms with E-state index in [1.807, 2.05) is 0 Å². The number of piperidine rings is 1. The summed E-state index contributed by atoms with van der Waals surface area (Å²) in [6.45, 7) is 2.24. The van der Waals surface area contributed by atoms with Crippen molar-refractivity contribution in [1.29, 1.82) is 0 Å². The molecule has 13 heavy (non-hydrogen) atoms. The molecule has 1 aliphatic heterocycles. The molecule has 1 heterocycles. The Hall–Kier alpha value is -1.08. The molecule has 1 aromatic carbocycles. The predicted octanol–water partition coefficient (Wildman–Crippen LogP) is 2.45.